The zero-order chi connectivity index (χ0) is 14.0. The van der Waals surface area contributed by atoms with Crippen LogP contribution in [0.5, 0.6) is 0 Å². The van der Waals surface area contributed by atoms with E-state index in [4.69, 9.17) is 16.7 Å². The molecule has 0 saturated heterocycles. The highest BCUT2D eigenvalue weighted by Crippen LogP contribution is 2.20. The molecule has 0 aliphatic heterocycles. The molecule has 0 aliphatic rings. The van der Waals surface area contributed by atoms with Crippen LogP contribution in [-0.4, -0.2) is 28.5 Å². The van der Waals surface area contributed by atoms with Gasteiger partial charge in [-0.05, 0) is 24.6 Å². The summed E-state index contributed by atoms with van der Waals surface area (Å²) in [5.41, 5.74) is 0.757. The van der Waals surface area contributed by atoms with Gasteiger partial charge in [0.05, 0.1) is 16.3 Å². The lowest BCUT2D eigenvalue weighted by atomic mass is 10.2. The Morgan fingerprint density at radius 2 is 1.89 bits per heavy atom. The summed E-state index contributed by atoms with van der Waals surface area (Å²) in [4.78, 5) is -0.156. The fourth-order valence-corrected chi connectivity index (χ4v) is 3.22. The van der Waals surface area contributed by atoms with Crippen LogP contribution in [0.25, 0.3) is 0 Å². The van der Waals surface area contributed by atoms with Crippen LogP contribution < -0.4 is 9.86 Å². The molecule has 9 heteroatoms. The predicted octanol–water partition coefficient (Wildman–Crippen LogP) is 0.623. The second-order valence-corrected chi connectivity index (χ2v) is 7.41. The summed E-state index contributed by atoms with van der Waals surface area (Å²) in [6, 6.07) is 3.96. The molecule has 102 valence electrons. The molecule has 0 unspecified atom stereocenters. The van der Waals surface area contributed by atoms with Crippen molar-refractivity contribution in [1.29, 1.82) is 0 Å². The minimum atomic E-state index is -3.87. The number of hydrogen-bond donors (Lipinski definition) is 2. The third-order valence-corrected chi connectivity index (χ3v) is 4.75. The fourth-order valence-electron chi connectivity index (χ4n) is 1.21. The Bertz CT molecular complexity index is 641. The van der Waals surface area contributed by atoms with Crippen molar-refractivity contribution in [3.8, 4) is 0 Å². The molecule has 0 spiro atoms. The average molecular weight is 313 g/mol. The van der Waals surface area contributed by atoms with Crippen LogP contribution in [0.1, 0.15) is 5.56 Å². The molecule has 3 N–H and O–H groups in total. The third-order valence-electron chi connectivity index (χ3n) is 2.15. The van der Waals surface area contributed by atoms with Gasteiger partial charge in [0.2, 0.25) is 20.0 Å². The minimum Gasteiger partial charge on any atom is -0.283 e. The predicted molar refractivity (Wildman–Crippen MR) is 70.7 cm³/mol. The van der Waals surface area contributed by atoms with Gasteiger partial charge in [-0.25, -0.2) is 22.0 Å². The number of primary sulfonamides is 1. The monoisotopic (exact) mass is 312 g/mol. The molecule has 0 amide bonds. The summed E-state index contributed by atoms with van der Waals surface area (Å²) >= 11 is 5.36. The Labute approximate surface area is 111 Å². The summed E-state index contributed by atoms with van der Waals surface area (Å²) < 4.78 is 47.7. The number of hydrogen-bond acceptors (Lipinski definition) is 4. The van der Waals surface area contributed by atoms with Crippen LogP contribution in [-0.2, 0) is 20.0 Å². The molecule has 0 saturated carbocycles. The van der Waals surface area contributed by atoms with Crippen molar-refractivity contribution < 1.29 is 16.8 Å². The zero-order valence-corrected chi connectivity index (χ0v) is 11.9. The molecule has 0 aliphatic carbocycles. The zero-order valence-electron chi connectivity index (χ0n) is 9.55. The summed E-state index contributed by atoms with van der Waals surface area (Å²) in [6.45, 7) is 1.64. The SMILES string of the molecule is Cc1ccc(S(N)(=O)=O)cc1NS(=O)(=O)CCCl. The molecule has 0 atom stereocenters. The average Bonchev–Trinajstić information content (AvgIpc) is 2.19. The molecule has 0 bridgehead atoms. The van der Waals surface area contributed by atoms with Gasteiger partial charge in [-0.1, -0.05) is 6.07 Å². The first-order valence-electron chi connectivity index (χ1n) is 4.85. The van der Waals surface area contributed by atoms with Gasteiger partial charge in [-0.3, -0.25) is 4.72 Å². The van der Waals surface area contributed by atoms with Crippen LogP contribution in [0.4, 0.5) is 5.69 Å². The molecule has 0 heterocycles. The number of nitrogens with two attached hydrogens (primary N) is 1. The van der Waals surface area contributed by atoms with Crippen molar-refractivity contribution in [2.75, 3.05) is 16.4 Å². The van der Waals surface area contributed by atoms with E-state index in [9.17, 15) is 16.8 Å². The van der Waals surface area contributed by atoms with E-state index in [0.29, 0.717) is 5.56 Å². The Morgan fingerprint density at radius 1 is 1.28 bits per heavy atom. The number of alkyl halides is 1. The van der Waals surface area contributed by atoms with Crippen molar-refractivity contribution in [1.82, 2.24) is 0 Å². The second-order valence-electron chi connectivity index (χ2n) is 3.63. The van der Waals surface area contributed by atoms with Gasteiger partial charge in [-0.15, -0.1) is 11.6 Å². The van der Waals surface area contributed by atoms with Gasteiger partial charge in [0.1, 0.15) is 0 Å². The summed E-state index contributed by atoms with van der Waals surface area (Å²) in [5, 5.41) is 4.97. The van der Waals surface area contributed by atoms with Gasteiger partial charge in [0, 0.05) is 5.88 Å². The van der Waals surface area contributed by atoms with E-state index in [1.807, 2.05) is 0 Å². The van der Waals surface area contributed by atoms with Crippen molar-refractivity contribution in [3.63, 3.8) is 0 Å². The maximum atomic E-state index is 11.5. The van der Waals surface area contributed by atoms with Gasteiger partial charge < -0.3 is 0 Å². The second kappa shape index (κ2) is 5.43. The van der Waals surface area contributed by atoms with E-state index in [1.165, 1.54) is 18.2 Å². The molecule has 0 fully saturated rings. The Balaban J connectivity index is 3.18. The quantitative estimate of drug-likeness (QED) is 0.777. The summed E-state index contributed by atoms with van der Waals surface area (Å²) in [7, 11) is -7.46. The van der Waals surface area contributed by atoms with Crippen molar-refractivity contribution in [2.24, 2.45) is 5.14 Å². The van der Waals surface area contributed by atoms with E-state index in [2.05, 4.69) is 4.72 Å². The van der Waals surface area contributed by atoms with E-state index in [0.717, 1.165) is 0 Å². The Hall–Kier alpha value is -0.830. The van der Waals surface area contributed by atoms with Crippen LogP contribution in [0, 0.1) is 6.92 Å². The molecule has 1 aromatic rings. The summed E-state index contributed by atoms with van der Waals surface area (Å²) in [6.07, 6.45) is 0. The lowest BCUT2D eigenvalue weighted by molar-refractivity contribution is 0.596. The van der Waals surface area contributed by atoms with Gasteiger partial charge >= 0.3 is 0 Å². The highest BCUT2D eigenvalue weighted by Gasteiger charge is 2.14. The molecule has 18 heavy (non-hydrogen) atoms. The first kappa shape index (κ1) is 15.2. The van der Waals surface area contributed by atoms with Gasteiger partial charge in [-0.2, -0.15) is 0 Å². The minimum absolute atomic E-state index is 0.0523. The normalized spacial score (nSPS) is 12.4. The molecule has 6 nitrogen and oxygen atoms in total. The van der Waals surface area contributed by atoms with Gasteiger partial charge in [0.25, 0.3) is 0 Å². The highest BCUT2D eigenvalue weighted by molar-refractivity contribution is 7.92. The first-order valence-corrected chi connectivity index (χ1v) is 8.59. The number of anilines is 1. The van der Waals surface area contributed by atoms with Crippen molar-refractivity contribution in [3.05, 3.63) is 23.8 Å². The van der Waals surface area contributed by atoms with Crippen LogP contribution in [0.15, 0.2) is 23.1 Å². The molecule has 1 rings (SSSR count). The lowest BCUT2D eigenvalue weighted by Crippen LogP contribution is -2.19. The first-order chi connectivity index (χ1) is 8.15. The summed E-state index contributed by atoms with van der Waals surface area (Å²) in [5.74, 6) is -0.309. The number of halogens is 1. The van der Waals surface area contributed by atoms with Crippen molar-refractivity contribution >= 4 is 37.3 Å². The number of nitrogens with one attached hydrogen (secondary N) is 1. The van der Waals surface area contributed by atoms with Gasteiger partial charge in [0.15, 0.2) is 0 Å². The maximum Gasteiger partial charge on any atom is 0.238 e. The Kier molecular flexibility index (Phi) is 4.60. The third kappa shape index (κ3) is 4.13. The number of rotatable bonds is 5. The molecular formula is C9H13ClN2O4S2. The number of sulfonamides is 2. The topological polar surface area (TPSA) is 106 Å². The van der Waals surface area contributed by atoms with Crippen LogP contribution >= 0.6 is 11.6 Å². The standard InChI is InChI=1S/C9H13ClN2O4S2/c1-7-2-3-8(18(11,15)16)6-9(7)12-17(13,14)5-4-10/h2-3,6,12H,4-5H2,1H3,(H2,11,15,16). The Morgan fingerprint density at radius 3 is 2.39 bits per heavy atom. The largest absolute Gasteiger partial charge is 0.283 e. The van der Waals surface area contributed by atoms with E-state index in [1.54, 1.807) is 6.92 Å². The number of aryl methyl sites for hydroxylation is 1. The highest BCUT2D eigenvalue weighted by atomic mass is 35.5. The molecular weight excluding hydrogens is 300 g/mol. The van der Waals surface area contributed by atoms with Crippen molar-refractivity contribution in [2.45, 2.75) is 11.8 Å². The fraction of sp³-hybridized carbons (Fsp3) is 0.333. The smallest absolute Gasteiger partial charge is 0.238 e. The van der Waals surface area contributed by atoms with E-state index >= 15 is 0 Å². The van der Waals surface area contributed by atoms with Crippen LogP contribution in [0.2, 0.25) is 0 Å². The molecule has 0 radical (unpaired) electrons. The lowest BCUT2D eigenvalue weighted by Gasteiger charge is -2.10. The number of benzene rings is 1. The molecule has 1 aromatic carbocycles. The van der Waals surface area contributed by atoms with Crippen LogP contribution in [0.3, 0.4) is 0 Å². The van der Waals surface area contributed by atoms with E-state index < -0.39 is 20.0 Å². The van der Waals surface area contributed by atoms with E-state index in [-0.39, 0.29) is 22.2 Å². The molecule has 0 aromatic heterocycles. The maximum absolute atomic E-state index is 11.5.